The molecule has 16 heavy (non-hydrogen) atoms. The summed E-state index contributed by atoms with van der Waals surface area (Å²) in [6, 6.07) is 6.82. The van der Waals surface area contributed by atoms with E-state index in [1.807, 2.05) is 0 Å². The van der Waals surface area contributed by atoms with Crippen molar-refractivity contribution in [3.05, 3.63) is 34.9 Å². The highest BCUT2D eigenvalue weighted by Crippen LogP contribution is 2.30. The molecular formula is C16H26. The molecule has 0 saturated heterocycles. The zero-order valence-electron chi connectivity index (χ0n) is 11.7. The Morgan fingerprint density at radius 2 is 1.50 bits per heavy atom. The molecule has 0 radical (unpaired) electrons. The fourth-order valence-electron chi connectivity index (χ4n) is 2.46. The van der Waals surface area contributed by atoms with Gasteiger partial charge in [0.05, 0.1) is 0 Å². The third-order valence-electron chi connectivity index (χ3n) is 3.06. The van der Waals surface area contributed by atoms with Gasteiger partial charge in [0.25, 0.3) is 0 Å². The highest BCUT2D eigenvalue weighted by Gasteiger charge is 2.14. The van der Waals surface area contributed by atoms with E-state index in [4.69, 9.17) is 0 Å². The first-order valence-electron chi connectivity index (χ1n) is 6.55. The molecule has 1 aromatic carbocycles. The maximum Gasteiger partial charge on any atom is -0.0213 e. The SMILES string of the molecule is CC(C)Cc1cccc(C(C)C)c1C(C)C. The van der Waals surface area contributed by atoms with Crippen molar-refractivity contribution in [3.63, 3.8) is 0 Å². The molecule has 0 amide bonds. The maximum absolute atomic E-state index is 2.31. The first-order chi connectivity index (χ1) is 7.43. The van der Waals surface area contributed by atoms with Gasteiger partial charge in [-0.15, -0.1) is 0 Å². The van der Waals surface area contributed by atoms with Crippen LogP contribution in [-0.4, -0.2) is 0 Å². The zero-order chi connectivity index (χ0) is 12.3. The Hall–Kier alpha value is -0.780. The Bertz CT molecular complexity index is 332. The van der Waals surface area contributed by atoms with Crippen LogP contribution < -0.4 is 0 Å². The van der Waals surface area contributed by atoms with Crippen LogP contribution in [0, 0.1) is 5.92 Å². The van der Waals surface area contributed by atoms with Crippen molar-refractivity contribution >= 4 is 0 Å². The van der Waals surface area contributed by atoms with E-state index >= 15 is 0 Å². The van der Waals surface area contributed by atoms with Crippen molar-refractivity contribution in [2.24, 2.45) is 5.92 Å². The normalized spacial score (nSPS) is 11.8. The van der Waals surface area contributed by atoms with Crippen LogP contribution in [0.15, 0.2) is 18.2 Å². The average Bonchev–Trinajstić information content (AvgIpc) is 2.15. The Morgan fingerprint density at radius 1 is 0.875 bits per heavy atom. The van der Waals surface area contributed by atoms with Crippen LogP contribution in [0.2, 0.25) is 0 Å². The summed E-state index contributed by atoms with van der Waals surface area (Å²) in [5, 5.41) is 0. The third kappa shape index (κ3) is 3.10. The van der Waals surface area contributed by atoms with Crippen LogP contribution in [0.4, 0.5) is 0 Å². The highest BCUT2D eigenvalue weighted by atomic mass is 14.2. The molecule has 0 unspecified atom stereocenters. The minimum absolute atomic E-state index is 0.629. The van der Waals surface area contributed by atoms with E-state index in [0.29, 0.717) is 11.8 Å². The Balaban J connectivity index is 3.21. The first-order valence-corrected chi connectivity index (χ1v) is 6.55. The van der Waals surface area contributed by atoms with E-state index in [-0.39, 0.29) is 0 Å². The fourth-order valence-corrected chi connectivity index (χ4v) is 2.46. The summed E-state index contributed by atoms with van der Waals surface area (Å²) < 4.78 is 0. The van der Waals surface area contributed by atoms with Crippen LogP contribution in [-0.2, 0) is 6.42 Å². The van der Waals surface area contributed by atoms with Gasteiger partial charge in [-0.3, -0.25) is 0 Å². The van der Waals surface area contributed by atoms with Gasteiger partial charge < -0.3 is 0 Å². The molecule has 0 N–H and O–H groups in total. The molecule has 90 valence electrons. The zero-order valence-corrected chi connectivity index (χ0v) is 11.7. The van der Waals surface area contributed by atoms with Crippen molar-refractivity contribution in [2.45, 2.75) is 59.8 Å². The second kappa shape index (κ2) is 5.52. The lowest BCUT2D eigenvalue weighted by atomic mass is 9.84. The maximum atomic E-state index is 2.31. The summed E-state index contributed by atoms with van der Waals surface area (Å²) >= 11 is 0. The van der Waals surface area contributed by atoms with Crippen molar-refractivity contribution < 1.29 is 0 Å². The van der Waals surface area contributed by atoms with Gasteiger partial charge in [0.2, 0.25) is 0 Å². The first kappa shape index (κ1) is 13.3. The molecule has 0 aliphatic carbocycles. The minimum Gasteiger partial charge on any atom is -0.0625 e. The lowest BCUT2D eigenvalue weighted by Gasteiger charge is -2.21. The molecule has 0 aromatic heterocycles. The van der Waals surface area contributed by atoms with Crippen LogP contribution in [0.25, 0.3) is 0 Å². The summed E-state index contributed by atoms with van der Waals surface area (Å²) in [6.07, 6.45) is 1.20. The van der Waals surface area contributed by atoms with E-state index in [1.165, 1.54) is 12.0 Å². The molecule has 0 fully saturated rings. The standard InChI is InChI=1S/C16H26/c1-11(2)10-14-8-7-9-15(12(3)4)16(14)13(5)6/h7-9,11-13H,10H2,1-6H3. The van der Waals surface area contributed by atoms with Crippen molar-refractivity contribution in [3.8, 4) is 0 Å². The average molecular weight is 218 g/mol. The number of rotatable bonds is 4. The highest BCUT2D eigenvalue weighted by molar-refractivity contribution is 5.39. The molecule has 0 bridgehead atoms. The summed E-state index contributed by atoms with van der Waals surface area (Å²) in [7, 11) is 0. The van der Waals surface area contributed by atoms with E-state index in [0.717, 1.165) is 5.92 Å². The Morgan fingerprint density at radius 3 is 1.94 bits per heavy atom. The smallest absolute Gasteiger partial charge is 0.0213 e. The van der Waals surface area contributed by atoms with Gasteiger partial charge in [-0.2, -0.15) is 0 Å². The van der Waals surface area contributed by atoms with Crippen molar-refractivity contribution in [1.29, 1.82) is 0 Å². The summed E-state index contributed by atoms with van der Waals surface area (Å²) in [6.45, 7) is 13.8. The molecule has 0 heteroatoms. The van der Waals surface area contributed by atoms with Crippen LogP contribution in [0.5, 0.6) is 0 Å². The van der Waals surface area contributed by atoms with Crippen molar-refractivity contribution in [2.75, 3.05) is 0 Å². The molecular weight excluding hydrogens is 192 g/mol. The van der Waals surface area contributed by atoms with Crippen molar-refractivity contribution in [1.82, 2.24) is 0 Å². The largest absolute Gasteiger partial charge is 0.0625 e. The molecule has 1 aromatic rings. The molecule has 0 aliphatic heterocycles. The predicted octanol–water partition coefficient (Wildman–Crippen LogP) is 5.13. The Kier molecular flexibility index (Phi) is 4.58. The van der Waals surface area contributed by atoms with E-state index in [2.05, 4.69) is 59.7 Å². The van der Waals surface area contributed by atoms with Gasteiger partial charge >= 0.3 is 0 Å². The molecule has 0 nitrogen and oxygen atoms in total. The van der Waals surface area contributed by atoms with Gasteiger partial charge in [0, 0.05) is 0 Å². The predicted molar refractivity (Wildman–Crippen MR) is 73.2 cm³/mol. The fraction of sp³-hybridized carbons (Fsp3) is 0.625. The van der Waals surface area contributed by atoms with E-state index in [1.54, 1.807) is 11.1 Å². The van der Waals surface area contributed by atoms with Gasteiger partial charge in [0.15, 0.2) is 0 Å². The molecule has 0 saturated carbocycles. The van der Waals surface area contributed by atoms with Gasteiger partial charge in [-0.05, 0) is 40.9 Å². The van der Waals surface area contributed by atoms with Crippen LogP contribution >= 0.6 is 0 Å². The van der Waals surface area contributed by atoms with Crippen LogP contribution in [0.1, 0.15) is 70.1 Å². The summed E-state index contributed by atoms with van der Waals surface area (Å²) in [5.41, 5.74) is 4.68. The molecule has 0 aliphatic rings. The minimum atomic E-state index is 0.629. The van der Waals surface area contributed by atoms with Gasteiger partial charge in [0.1, 0.15) is 0 Å². The quantitative estimate of drug-likeness (QED) is 0.657. The summed E-state index contributed by atoms with van der Waals surface area (Å²) in [5.74, 6) is 2.00. The topological polar surface area (TPSA) is 0 Å². The number of hydrogen-bond acceptors (Lipinski definition) is 0. The molecule has 1 rings (SSSR count). The van der Waals surface area contributed by atoms with Gasteiger partial charge in [-0.1, -0.05) is 59.7 Å². The second-order valence-corrected chi connectivity index (χ2v) is 5.83. The lowest BCUT2D eigenvalue weighted by molar-refractivity contribution is 0.635. The number of benzene rings is 1. The summed E-state index contributed by atoms with van der Waals surface area (Å²) in [4.78, 5) is 0. The monoisotopic (exact) mass is 218 g/mol. The van der Waals surface area contributed by atoms with Crippen LogP contribution in [0.3, 0.4) is 0 Å². The third-order valence-corrected chi connectivity index (χ3v) is 3.06. The number of hydrogen-bond donors (Lipinski definition) is 0. The Labute approximate surface area is 101 Å². The molecule has 0 atom stereocenters. The van der Waals surface area contributed by atoms with Gasteiger partial charge in [-0.25, -0.2) is 0 Å². The molecule has 0 heterocycles. The van der Waals surface area contributed by atoms with E-state index in [9.17, 15) is 0 Å². The second-order valence-electron chi connectivity index (χ2n) is 5.83. The molecule has 0 spiro atoms. The van der Waals surface area contributed by atoms with E-state index < -0.39 is 0 Å². The lowest BCUT2D eigenvalue weighted by Crippen LogP contribution is -2.06.